The van der Waals surface area contributed by atoms with Crippen molar-refractivity contribution in [2.45, 2.75) is 37.5 Å². The number of rotatable bonds is 4. The summed E-state index contributed by atoms with van der Waals surface area (Å²) in [5, 5.41) is 8.99. The highest BCUT2D eigenvalue weighted by Crippen LogP contribution is 2.41. The van der Waals surface area contributed by atoms with Gasteiger partial charge in [0.2, 0.25) is 5.76 Å². The maximum atomic E-state index is 13.6. The molecule has 0 bridgehead atoms. The Hall–Kier alpha value is -2.48. The summed E-state index contributed by atoms with van der Waals surface area (Å²) in [6.45, 7) is 3.45. The van der Waals surface area contributed by atoms with E-state index >= 15 is 0 Å². The van der Waals surface area contributed by atoms with E-state index < -0.39 is 23.0 Å². The first kappa shape index (κ1) is 16.9. The molecule has 0 aliphatic heterocycles. The maximum absolute atomic E-state index is 13.6. The number of hydrogen-bond acceptors (Lipinski definition) is 3. The minimum Gasteiger partial charge on any atom is -0.414 e. The second-order valence-electron chi connectivity index (χ2n) is 5.54. The highest BCUT2D eigenvalue weighted by Gasteiger charge is 2.43. The maximum Gasteiger partial charge on any atom is 0.322 e. The zero-order chi connectivity index (χ0) is 16.9. The topological polar surface area (TPSA) is 50.1 Å². The Bertz CT molecular complexity index is 683. The molecule has 1 aromatic rings. The number of esters is 1. The van der Waals surface area contributed by atoms with Crippen molar-refractivity contribution in [3.63, 3.8) is 0 Å². The zero-order valence-electron chi connectivity index (χ0n) is 12.6. The van der Waals surface area contributed by atoms with Gasteiger partial charge in [-0.05, 0) is 36.6 Å². The molecule has 120 valence electrons. The lowest BCUT2D eigenvalue weighted by atomic mass is 9.69. The molecule has 0 unspecified atom stereocenters. The molecule has 1 fully saturated rings. The lowest BCUT2D eigenvalue weighted by molar-refractivity contribution is -0.147. The van der Waals surface area contributed by atoms with E-state index in [1.807, 2.05) is 0 Å². The summed E-state index contributed by atoms with van der Waals surface area (Å²) in [5.41, 5.74) is -0.666. The molecule has 23 heavy (non-hydrogen) atoms. The normalized spacial score (nSPS) is 17.2. The van der Waals surface area contributed by atoms with Crippen molar-refractivity contribution in [2.24, 2.45) is 0 Å². The summed E-state index contributed by atoms with van der Waals surface area (Å²) in [5.74, 6) is -2.74. The predicted octanol–water partition coefficient (Wildman–Crippen LogP) is 4.30. The molecule has 0 saturated heterocycles. The number of halogens is 2. The van der Waals surface area contributed by atoms with Crippen LogP contribution in [0, 0.1) is 23.0 Å². The molecular formula is C18H17F2NO2. The first-order chi connectivity index (χ1) is 11.0. The highest BCUT2D eigenvalue weighted by molar-refractivity contribution is 5.84. The van der Waals surface area contributed by atoms with Crippen LogP contribution in [0.5, 0.6) is 0 Å². The molecule has 1 aliphatic carbocycles. The number of ether oxygens (including phenoxy) is 1. The van der Waals surface area contributed by atoms with Crippen molar-refractivity contribution in [2.75, 3.05) is 0 Å². The molecule has 0 spiro atoms. The number of hydrogen-bond donors (Lipinski definition) is 0. The van der Waals surface area contributed by atoms with Crippen LogP contribution >= 0.6 is 0 Å². The summed E-state index contributed by atoms with van der Waals surface area (Å²) in [6, 6.07) is 5.25. The Morgan fingerprint density at radius 2 is 1.96 bits per heavy atom. The minimum absolute atomic E-state index is 0.169. The van der Waals surface area contributed by atoms with Crippen LogP contribution in [0.2, 0.25) is 0 Å². The quantitative estimate of drug-likeness (QED) is 0.360. The molecule has 2 rings (SSSR count). The lowest BCUT2D eigenvalue weighted by Crippen LogP contribution is -2.39. The van der Waals surface area contributed by atoms with Crippen LogP contribution in [0.15, 0.2) is 42.7 Å². The van der Waals surface area contributed by atoms with E-state index in [0.29, 0.717) is 18.4 Å². The van der Waals surface area contributed by atoms with Crippen molar-refractivity contribution in [3.05, 3.63) is 59.9 Å². The molecule has 3 nitrogen and oxygen atoms in total. The highest BCUT2D eigenvalue weighted by atomic mass is 19.2. The second kappa shape index (κ2) is 7.19. The fourth-order valence-corrected chi connectivity index (χ4v) is 2.96. The molecule has 0 heterocycles. The second-order valence-corrected chi connectivity index (χ2v) is 5.54. The van der Waals surface area contributed by atoms with Crippen molar-refractivity contribution < 1.29 is 18.3 Å². The van der Waals surface area contributed by atoms with E-state index in [1.54, 1.807) is 6.07 Å². The Balaban J connectivity index is 2.41. The molecule has 1 aliphatic rings. The van der Waals surface area contributed by atoms with Gasteiger partial charge in [-0.2, -0.15) is 5.26 Å². The standard InChI is InChI=1S/C18H17F2NO2/c1-2-6-14(12-21)23-17(22)18(9-4-3-5-10-18)13-7-8-15(19)16(20)11-13/h2,6-8,11H,1,3-5,9-10H2/b14-6-. The number of allylic oxidation sites excluding steroid dienone is 3. The van der Waals surface area contributed by atoms with Crippen LogP contribution in [0.4, 0.5) is 8.78 Å². The van der Waals surface area contributed by atoms with E-state index in [-0.39, 0.29) is 5.76 Å². The summed E-state index contributed by atoms with van der Waals surface area (Å²) in [6.07, 6.45) is 6.11. The third-order valence-electron chi connectivity index (χ3n) is 4.15. The number of benzene rings is 1. The fourth-order valence-electron chi connectivity index (χ4n) is 2.96. The summed E-state index contributed by atoms with van der Waals surface area (Å²) in [7, 11) is 0. The first-order valence-corrected chi connectivity index (χ1v) is 7.44. The molecule has 0 aromatic heterocycles. The zero-order valence-corrected chi connectivity index (χ0v) is 12.6. The van der Waals surface area contributed by atoms with Crippen LogP contribution in [0.25, 0.3) is 0 Å². The Labute approximate surface area is 133 Å². The van der Waals surface area contributed by atoms with Crippen LogP contribution in [0.1, 0.15) is 37.7 Å². The predicted molar refractivity (Wildman–Crippen MR) is 81.1 cm³/mol. The summed E-state index contributed by atoms with van der Waals surface area (Å²) >= 11 is 0. The molecule has 0 amide bonds. The van der Waals surface area contributed by atoms with Gasteiger partial charge in [0.1, 0.15) is 6.07 Å². The smallest absolute Gasteiger partial charge is 0.322 e. The molecule has 0 N–H and O–H groups in total. The summed E-state index contributed by atoms with van der Waals surface area (Å²) < 4.78 is 32.0. The van der Waals surface area contributed by atoms with E-state index in [4.69, 9.17) is 10.00 Å². The van der Waals surface area contributed by atoms with Gasteiger partial charge in [0, 0.05) is 0 Å². The van der Waals surface area contributed by atoms with Gasteiger partial charge in [0.25, 0.3) is 0 Å². The Kier molecular flexibility index (Phi) is 5.28. The SMILES string of the molecule is C=C/C=C(/C#N)OC(=O)C1(c2ccc(F)c(F)c2)CCCCC1. The number of nitriles is 1. The lowest BCUT2D eigenvalue weighted by Gasteiger charge is -2.35. The third-order valence-corrected chi connectivity index (χ3v) is 4.15. The largest absolute Gasteiger partial charge is 0.414 e. The first-order valence-electron chi connectivity index (χ1n) is 7.44. The molecular weight excluding hydrogens is 300 g/mol. The minimum atomic E-state index is -1.05. The molecule has 1 saturated carbocycles. The van der Waals surface area contributed by atoms with E-state index in [1.165, 1.54) is 18.2 Å². The van der Waals surface area contributed by atoms with Crippen molar-refractivity contribution >= 4 is 5.97 Å². The van der Waals surface area contributed by atoms with Gasteiger partial charge in [0.05, 0.1) is 5.41 Å². The average molecular weight is 317 g/mol. The van der Waals surface area contributed by atoms with Gasteiger partial charge in [-0.1, -0.05) is 38.0 Å². The third kappa shape index (κ3) is 3.48. The van der Waals surface area contributed by atoms with Crippen molar-refractivity contribution in [3.8, 4) is 6.07 Å². The summed E-state index contributed by atoms with van der Waals surface area (Å²) in [4.78, 5) is 12.7. The Morgan fingerprint density at radius 3 is 2.52 bits per heavy atom. The van der Waals surface area contributed by atoms with Crippen molar-refractivity contribution in [1.82, 2.24) is 0 Å². The van der Waals surface area contributed by atoms with E-state index in [0.717, 1.165) is 31.4 Å². The fraction of sp³-hybridized carbons (Fsp3) is 0.333. The number of nitrogens with zero attached hydrogens (tertiary/aromatic N) is 1. The van der Waals surface area contributed by atoms with E-state index in [9.17, 15) is 13.6 Å². The molecule has 5 heteroatoms. The van der Waals surface area contributed by atoms with Gasteiger partial charge >= 0.3 is 5.97 Å². The average Bonchev–Trinajstić information content (AvgIpc) is 2.57. The van der Waals surface area contributed by atoms with Crippen LogP contribution in [0.3, 0.4) is 0 Å². The van der Waals surface area contributed by atoms with Gasteiger partial charge in [-0.25, -0.2) is 8.78 Å². The van der Waals surface area contributed by atoms with Crippen LogP contribution in [-0.2, 0) is 14.9 Å². The Morgan fingerprint density at radius 1 is 1.26 bits per heavy atom. The molecule has 0 radical (unpaired) electrons. The van der Waals surface area contributed by atoms with Gasteiger partial charge < -0.3 is 4.74 Å². The number of carbonyl (C=O) groups excluding carboxylic acids is 1. The van der Waals surface area contributed by atoms with Gasteiger partial charge in [-0.3, -0.25) is 4.79 Å². The van der Waals surface area contributed by atoms with E-state index in [2.05, 4.69) is 6.58 Å². The van der Waals surface area contributed by atoms with Crippen LogP contribution in [-0.4, -0.2) is 5.97 Å². The van der Waals surface area contributed by atoms with Crippen LogP contribution < -0.4 is 0 Å². The van der Waals surface area contributed by atoms with Gasteiger partial charge in [-0.15, -0.1) is 0 Å². The molecule has 1 aromatic carbocycles. The monoisotopic (exact) mass is 317 g/mol. The van der Waals surface area contributed by atoms with Crippen molar-refractivity contribution in [1.29, 1.82) is 5.26 Å². The number of carbonyl (C=O) groups is 1. The molecule has 0 atom stereocenters. The van der Waals surface area contributed by atoms with Gasteiger partial charge in [0.15, 0.2) is 11.6 Å².